The van der Waals surface area contributed by atoms with Crippen LogP contribution in [0, 0.1) is 0 Å². The first-order valence-electron chi connectivity index (χ1n) is 9.63. The third-order valence-electron chi connectivity index (χ3n) is 4.68. The Morgan fingerprint density at radius 3 is 2.16 bits per heavy atom. The van der Waals surface area contributed by atoms with Gasteiger partial charge in [0, 0.05) is 41.8 Å². The molecule has 0 aliphatic carbocycles. The third kappa shape index (κ3) is 6.67. The van der Waals surface area contributed by atoms with Gasteiger partial charge < -0.3 is 24.4 Å². The normalized spacial score (nSPS) is 11.4. The fourth-order valence-electron chi connectivity index (χ4n) is 3.01. The van der Waals surface area contributed by atoms with Crippen LogP contribution in [0.1, 0.15) is 18.9 Å². The number of nitrogens with zero attached hydrogens (tertiary/aromatic N) is 1. The van der Waals surface area contributed by atoms with Crippen molar-refractivity contribution in [3.05, 3.63) is 52.0 Å². The Balaban J connectivity index is 2.26. The van der Waals surface area contributed by atoms with Crippen LogP contribution in [0.2, 0.25) is 10.0 Å². The predicted octanol–water partition coefficient (Wildman–Crippen LogP) is 3.94. The highest BCUT2D eigenvalue weighted by molar-refractivity contribution is 6.35. The second-order valence-corrected chi connectivity index (χ2v) is 7.48. The molecule has 0 bridgehead atoms. The van der Waals surface area contributed by atoms with Crippen LogP contribution >= 0.6 is 23.2 Å². The number of hydrogen-bond donors (Lipinski definition) is 1. The van der Waals surface area contributed by atoms with E-state index in [9.17, 15) is 9.59 Å². The Hall–Kier alpha value is -2.64. The van der Waals surface area contributed by atoms with Crippen LogP contribution < -0.4 is 19.5 Å². The second-order valence-electron chi connectivity index (χ2n) is 6.63. The zero-order valence-electron chi connectivity index (χ0n) is 17.9. The third-order valence-corrected chi connectivity index (χ3v) is 5.26. The van der Waals surface area contributed by atoms with Gasteiger partial charge in [0.05, 0.1) is 14.2 Å². The van der Waals surface area contributed by atoms with Gasteiger partial charge in [-0.25, -0.2) is 0 Å². The summed E-state index contributed by atoms with van der Waals surface area (Å²) in [6, 6.07) is 9.31. The van der Waals surface area contributed by atoms with E-state index in [0.717, 1.165) is 0 Å². The molecule has 0 saturated carbocycles. The molecule has 168 valence electrons. The molecule has 2 aromatic carbocycles. The zero-order chi connectivity index (χ0) is 23.0. The van der Waals surface area contributed by atoms with E-state index >= 15 is 0 Å². The van der Waals surface area contributed by atoms with Crippen LogP contribution in [0.3, 0.4) is 0 Å². The van der Waals surface area contributed by atoms with Crippen LogP contribution in [-0.2, 0) is 16.1 Å². The number of benzene rings is 2. The monoisotopic (exact) mass is 468 g/mol. The van der Waals surface area contributed by atoms with Gasteiger partial charge in [0.15, 0.2) is 6.61 Å². The molecule has 31 heavy (non-hydrogen) atoms. The van der Waals surface area contributed by atoms with Gasteiger partial charge in [0.2, 0.25) is 5.91 Å². The minimum Gasteiger partial charge on any atom is -0.496 e. The topological polar surface area (TPSA) is 77.1 Å². The SMILES string of the molecule is CCC(C(=O)NC)N(Cc1ccc(Cl)cc1Cl)C(=O)COc1cc(OC)cc(OC)c1. The highest BCUT2D eigenvalue weighted by atomic mass is 35.5. The lowest BCUT2D eigenvalue weighted by atomic mass is 10.1. The first-order chi connectivity index (χ1) is 14.8. The van der Waals surface area contributed by atoms with E-state index in [-0.39, 0.29) is 25.0 Å². The number of halogens is 2. The molecule has 0 aliphatic rings. The second kappa shape index (κ2) is 11.7. The van der Waals surface area contributed by atoms with Crippen molar-refractivity contribution in [2.75, 3.05) is 27.9 Å². The van der Waals surface area contributed by atoms with E-state index in [0.29, 0.717) is 39.3 Å². The molecule has 2 amide bonds. The van der Waals surface area contributed by atoms with Gasteiger partial charge in [-0.2, -0.15) is 0 Å². The van der Waals surface area contributed by atoms with Crippen LogP contribution in [0.4, 0.5) is 0 Å². The number of carbonyl (C=O) groups is 2. The summed E-state index contributed by atoms with van der Waals surface area (Å²) in [5, 5.41) is 3.50. The minimum absolute atomic E-state index is 0.131. The van der Waals surface area contributed by atoms with Crippen molar-refractivity contribution >= 4 is 35.0 Å². The molecule has 0 spiro atoms. The summed E-state index contributed by atoms with van der Waals surface area (Å²) in [4.78, 5) is 27.0. The van der Waals surface area contributed by atoms with Crippen LogP contribution in [0.5, 0.6) is 17.2 Å². The number of ether oxygens (including phenoxy) is 3. The molecular formula is C22H26Cl2N2O5. The van der Waals surface area contributed by atoms with Crippen molar-refractivity contribution in [3.8, 4) is 17.2 Å². The molecule has 0 saturated heterocycles. The maximum atomic E-state index is 13.1. The van der Waals surface area contributed by atoms with E-state index in [1.54, 1.807) is 36.4 Å². The number of hydrogen-bond acceptors (Lipinski definition) is 5. The number of rotatable bonds is 10. The molecule has 7 nitrogen and oxygen atoms in total. The summed E-state index contributed by atoms with van der Waals surface area (Å²) in [6.45, 7) is 1.68. The van der Waals surface area contributed by atoms with E-state index in [2.05, 4.69) is 5.32 Å². The van der Waals surface area contributed by atoms with E-state index in [1.165, 1.54) is 26.2 Å². The first kappa shape index (κ1) is 24.6. The molecule has 1 unspecified atom stereocenters. The summed E-state index contributed by atoms with van der Waals surface area (Å²) in [6.07, 6.45) is 0.420. The molecule has 2 rings (SSSR count). The Bertz CT molecular complexity index is 901. The van der Waals surface area contributed by atoms with Gasteiger partial charge in [-0.15, -0.1) is 0 Å². The maximum absolute atomic E-state index is 13.1. The van der Waals surface area contributed by atoms with Gasteiger partial charge in [0.1, 0.15) is 23.3 Å². The lowest BCUT2D eigenvalue weighted by Crippen LogP contribution is -2.49. The summed E-state index contributed by atoms with van der Waals surface area (Å²) in [5.41, 5.74) is 0.671. The summed E-state index contributed by atoms with van der Waals surface area (Å²) in [5.74, 6) is 0.820. The van der Waals surface area contributed by atoms with Crippen LogP contribution in [-0.4, -0.2) is 50.6 Å². The number of methoxy groups -OCH3 is 2. The molecule has 2 aromatic rings. The van der Waals surface area contributed by atoms with Gasteiger partial charge in [0.25, 0.3) is 5.91 Å². The van der Waals surface area contributed by atoms with Crippen molar-refractivity contribution in [2.45, 2.75) is 25.9 Å². The lowest BCUT2D eigenvalue weighted by molar-refractivity contribution is -0.142. The Kier molecular flexibility index (Phi) is 9.27. The molecule has 9 heteroatoms. The Labute approximate surface area is 192 Å². The molecule has 1 N–H and O–H groups in total. The number of likely N-dealkylation sites (N-methyl/N-ethyl adjacent to an activating group) is 1. The van der Waals surface area contributed by atoms with Crippen molar-refractivity contribution < 1.29 is 23.8 Å². The fourth-order valence-corrected chi connectivity index (χ4v) is 3.48. The predicted molar refractivity (Wildman–Crippen MR) is 120 cm³/mol. The van der Waals surface area contributed by atoms with Crippen LogP contribution in [0.25, 0.3) is 0 Å². The van der Waals surface area contributed by atoms with Gasteiger partial charge in [-0.1, -0.05) is 36.2 Å². The van der Waals surface area contributed by atoms with Crippen molar-refractivity contribution in [1.82, 2.24) is 10.2 Å². The molecule has 0 radical (unpaired) electrons. The summed E-state index contributed by atoms with van der Waals surface area (Å²) >= 11 is 12.3. The van der Waals surface area contributed by atoms with Crippen molar-refractivity contribution in [1.29, 1.82) is 0 Å². The molecule has 0 fully saturated rings. The summed E-state index contributed by atoms with van der Waals surface area (Å²) < 4.78 is 16.1. The molecule has 1 atom stereocenters. The smallest absolute Gasteiger partial charge is 0.261 e. The van der Waals surface area contributed by atoms with E-state index < -0.39 is 6.04 Å². The maximum Gasteiger partial charge on any atom is 0.261 e. The zero-order valence-corrected chi connectivity index (χ0v) is 19.4. The van der Waals surface area contributed by atoms with Gasteiger partial charge >= 0.3 is 0 Å². The number of carbonyl (C=O) groups excluding carboxylic acids is 2. The minimum atomic E-state index is -0.687. The Morgan fingerprint density at radius 2 is 1.65 bits per heavy atom. The average molecular weight is 469 g/mol. The van der Waals surface area contributed by atoms with Crippen LogP contribution in [0.15, 0.2) is 36.4 Å². The molecule has 0 aromatic heterocycles. The summed E-state index contributed by atoms with van der Waals surface area (Å²) in [7, 11) is 4.58. The Morgan fingerprint density at radius 1 is 1.03 bits per heavy atom. The van der Waals surface area contributed by atoms with Crippen molar-refractivity contribution in [3.63, 3.8) is 0 Å². The quantitative estimate of drug-likeness (QED) is 0.571. The van der Waals surface area contributed by atoms with E-state index in [1.807, 2.05) is 6.92 Å². The fraction of sp³-hybridized carbons (Fsp3) is 0.364. The molecule has 0 heterocycles. The number of nitrogens with one attached hydrogen (secondary N) is 1. The molecule has 0 aliphatic heterocycles. The standard InChI is InChI=1S/C22H26Cl2N2O5/c1-5-20(22(28)25-2)26(12-14-6-7-15(23)8-19(14)24)21(27)13-31-18-10-16(29-3)9-17(11-18)30-4/h6-11,20H,5,12-13H2,1-4H3,(H,25,28). The largest absolute Gasteiger partial charge is 0.496 e. The molecular weight excluding hydrogens is 443 g/mol. The van der Waals surface area contributed by atoms with Gasteiger partial charge in [-0.05, 0) is 24.1 Å². The van der Waals surface area contributed by atoms with E-state index in [4.69, 9.17) is 37.4 Å². The average Bonchev–Trinajstić information content (AvgIpc) is 2.78. The lowest BCUT2D eigenvalue weighted by Gasteiger charge is -2.30. The highest BCUT2D eigenvalue weighted by Crippen LogP contribution is 2.28. The van der Waals surface area contributed by atoms with Crippen molar-refractivity contribution in [2.24, 2.45) is 0 Å². The highest BCUT2D eigenvalue weighted by Gasteiger charge is 2.29. The first-order valence-corrected chi connectivity index (χ1v) is 10.4. The van der Waals surface area contributed by atoms with Gasteiger partial charge in [-0.3, -0.25) is 9.59 Å². The number of amides is 2.